The molecule has 0 saturated carbocycles. The summed E-state index contributed by atoms with van der Waals surface area (Å²) in [6.07, 6.45) is 29.1. The topological polar surface area (TPSA) is 30.7 Å². The molecule has 0 aliphatic heterocycles. The fraction of sp³-hybridized carbons (Fsp3) is 0.909. The van der Waals surface area contributed by atoms with Crippen molar-refractivity contribution in [1.82, 2.24) is 14.8 Å². The van der Waals surface area contributed by atoms with Crippen LogP contribution in [0.4, 0.5) is 0 Å². The van der Waals surface area contributed by atoms with Gasteiger partial charge >= 0.3 is 0 Å². The minimum absolute atomic E-state index is 1.03. The maximum atomic E-state index is 4.14. The zero-order valence-corrected chi connectivity index (χ0v) is 16.9. The second kappa shape index (κ2) is 17.9. The van der Waals surface area contributed by atoms with Gasteiger partial charge in [-0.05, 0) is 6.42 Å². The van der Waals surface area contributed by atoms with E-state index in [1.165, 1.54) is 116 Å². The molecule has 0 radical (unpaired) electrons. The van der Waals surface area contributed by atoms with Crippen LogP contribution in [0, 0.1) is 0 Å². The minimum Gasteiger partial charge on any atom is -0.253 e. The molecule has 0 aliphatic rings. The Morgan fingerprint density at radius 3 is 1.32 bits per heavy atom. The first-order valence-corrected chi connectivity index (χ1v) is 11.3. The molecule has 1 aromatic rings. The van der Waals surface area contributed by atoms with Crippen LogP contribution in [0.1, 0.15) is 122 Å². The van der Waals surface area contributed by atoms with E-state index in [1.54, 1.807) is 6.33 Å². The first-order valence-electron chi connectivity index (χ1n) is 11.3. The molecule has 0 aromatic carbocycles. The Hall–Kier alpha value is -0.860. The summed E-state index contributed by atoms with van der Waals surface area (Å²) in [4.78, 5) is 3.97. The maximum Gasteiger partial charge on any atom is 0.137 e. The van der Waals surface area contributed by atoms with E-state index < -0.39 is 0 Å². The van der Waals surface area contributed by atoms with Gasteiger partial charge in [0, 0.05) is 6.54 Å². The zero-order valence-electron chi connectivity index (χ0n) is 16.9. The van der Waals surface area contributed by atoms with Crippen molar-refractivity contribution >= 4 is 0 Å². The van der Waals surface area contributed by atoms with Gasteiger partial charge in [0.15, 0.2) is 0 Å². The summed E-state index contributed by atoms with van der Waals surface area (Å²) in [6, 6.07) is 0. The number of nitrogens with zero attached hydrogens (tertiary/aromatic N) is 3. The second-order valence-electron chi connectivity index (χ2n) is 7.67. The molecule has 1 rings (SSSR count). The molecule has 3 heteroatoms. The van der Waals surface area contributed by atoms with E-state index in [1.807, 2.05) is 11.0 Å². The van der Waals surface area contributed by atoms with Gasteiger partial charge in [0.25, 0.3) is 0 Å². The molecule has 1 heterocycles. The van der Waals surface area contributed by atoms with Crippen LogP contribution in [0.2, 0.25) is 0 Å². The minimum atomic E-state index is 1.03. The number of aromatic nitrogens is 3. The smallest absolute Gasteiger partial charge is 0.137 e. The molecule has 25 heavy (non-hydrogen) atoms. The number of aryl methyl sites for hydroxylation is 1. The van der Waals surface area contributed by atoms with Gasteiger partial charge in [0.1, 0.15) is 12.7 Å². The van der Waals surface area contributed by atoms with Crippen molar-refractivity contribution < 1.29 is 0 Å². The van der Waals surface area contributed by atoms with Crippen molar-refractivity contribution in [2.45, 2.75) is 129 Å². The molecule has 0 spiro atoms. The van der Waals surface area contributed by atoms with Gasteiger partial charge in [-0.25, -0.2) is 4.98 Å². The van der Waals surface area contributed by atoms with Crippen LogP contribution in [0.3, 0.4) is 0 Å². The molecule has 0 aliphatic carbocycles. The summed E-state index contributed by atoms with van der Waals surface area (Å²) in [6.45, 7) is 3.32. The quantitative estimate of drug-likeness (QED) is 0.245. The first-order chi connectivity index (χ1) is 12.4. The van der Waals surface area contributed by atoms with Crippen LogP contribution >= 0.6 is 0 Å². The molecule has 146 valence electrons. The second-order valence-corrected chi connectivity index (χ2v) is 7.67. The standard InChI is InChI=1S/C22H43N3/c1-2-3-4-5-6-7-8-9-10-11-12-13-14-15-16-17-18-19-20-25-22-23-21-24-25/h21-22H,2-20H2,1H3. The third-order valence-electron chi connectivity index (χ3n) is 5.21. The third-order valence-corrected chi connectivity index (χ3v) is 5.21. The first kappa shape index (κ1) is 22.2. The summed E-state index contributed by atoms with van der Waals surface area (Å²) in [5, 5.41) is 4.14. The Morgan fingerprint density at radius 2 is 0.960 bits per heavy atom. The van der Waals surface area contributed by atoms with E-state index in [0.717, 1.165) is 6.54 Å². The fourth-order valence-electron chi connectivity index (χ4n) is 3.52. The van der Waals surface area contributed by atoms with Crippen LogP contribution in [0.25, 0.3) is 0 Å². The predicted octanol–water partition coefficient (Wildman–Crippen LogP) is 7.32. The Kier molecular flexibility index (Phi) is 15.9. The summed E-state index contributed by atoms with van der Waals surface area (Å²) >= 11 is 0. The van der Waals surface area contributed by atoms with Crippen molar-refractivity contribution in [2.24, 2.45) is 0 Å². The average Bonchev–Trinajstić information content (AvgIpc) is 3.14. The van der Waals surface area contributed by atoms with Crippen LogP contribution in [0.5, 0.6) is 0 Å². The molecule has 0 fully saturated rings. The Bertz CT molecular complexity index is 348. The van der Waals surface area contributed by atoms with E-state index in [9.17, 15) is 0 Å². The van der Waals surface area contributed by atoms with Crippen LogP contribution in [0.15, 0.2) is 12.7 Å². The summed E-state index contributed by atoms with van der Waals surface area (Å²) in [5.41, 5.74) is 0. The highest BCUT2D eigenvalue weighted by molar-refractivity contribution is 4.56. The molecule has 1 aromatic heterocycles. The molecule has 0 amide bonds. The van der Waals surface area contributed by atoms with Gasteiger partial charge in [-0.2, -0.15) is 5.10 Å². The highest BCUT2D eigenvalue weighted by atomic mass is 15.3. The van der Waals surface area contributed by atoms with Crippen molar-refractivity contribution in [2.75, 3.05) is 0 Å². The van der Waals surface area contributed by atoms with E-state index >= 15 is 0 Å². The van der Waals surface area contributed by atoms with E-state index in [-0.39, 0.29) is 0 Å². The normalized spacial score (nSPS) is 11.2. The highest BCUT2D eigenvalue weighted by Crippen LogP contribution is 2.14. The summed E-state index contributed by atoms with van der Waals surface area (Å²) in [5.74, 6) is 0. The van der Waals surface area contributed by atoms with Gasteiger partial charge < -0.3 is 0 Å². The SMILES string of the molecule is CCCCCCCCCCCCCCCCCCCCn1cncn1. The Balaban J connectivity index is 1.65. The molecule has 0 N–H and O–H groups in total. The molecule has 0 saturated heterocycles. The fourth-order valence-corrected chi connectivity index (χ4v) is 3.52. The average molecular weight is 350 g/mol. The van der Waals surface area contributed by atoms with Gasteiger partial charge in [0.2, 0.25) is 0 Å². The number of hydrogen-bond acceptors (Lipinski definition) is 2. The predicted molar refractivity (Wildman–Crippen MR) is 109 cm³/mol. The zero-order chi connectivity index (χ0) is 17.8. The number of hydrogen-bond donors (Lipinski definition) is 0. The van der Waals surface area contributed by atoms with Crippen LogP contribution < -0.4 is 0 Å². The lowest BCUT2D eigenvalue weighted by Crippen LogP contribution is -1.97. The van der Waals surface area contributed by atoms with Gasteiger partial charge in [-0.3, -0.25) is 4.68 Å². The molecular formula is C22H43N3. The third kappa shape index (κ3) is 15.1. The van der Waals surface area contributed by atoms with E-state index in [2.05, 4.69) is 17.0 Å². The van der Waals surface area contributed by atoms with Crippen LogP contribution in [-0.4, -0.2) is 14.8 Å². The van der Waals surface area contributed by atoms with Crippen molar-refractivity contribution in [3.63, 3.8) is 0 Å². The lowest BCUT2D eigenvalue weighted by Gasteiger charge is -2.04. The van der Waals surface area contributed by atoms with Gasteiger partial charge in [-0.15, -0.1) is 0 Å². The molecule has 0 atom stereocenters. The summed E-state index contributed by atoms with van der Waals surface area (Å²) in [7, 11) is 0. The molecule has 3 nitrogen and oxygen atoms in total. The largest absolute Gasteiger partial charge is 0.253 e. The van der Waals surface area contributed by atoms with Gasteiger partial charge in [0.05, 0.1) is 0 Å². The maximum absolute atomic E-state index is 4.14. The number of rotatable bonds is 19. The van der Waals surface area contributed by atoms with E-state index in [4.69, 9.17) is 0 Å². The highest BCUT2D eigenvalue weighted by Gasteiger charge is 1.95. The number of unbranched alkanes of at least 4 members (excludes halogenated alkanes) is 17. The van der Waals surface area contributed by atoms with E-state index in [0.29, 0.717) is 0 Å². The monoisotopic (exact) mass is 349 g/mol. The molecular weight excluding hydrogens is 306 g/mol. The molecule has 0 bridgehead atoms. The van der Waals surface area contributed by atoms with Crippen molar-refractivity contribution in [3.05, 3.63) is 12.7 Å². The molecule has 0 unspecified atom stereocenters. The lowest BCUT2D eigenvalue weighted by molar-refractivity contribution is 0.508. The van der Waals surface area contributed by atoms with Crippen LogP contribution in [-0.2, 0) is 6.54 Å². The Labute approximate surface area is 157 Å². The Morgan fingerprint density at radius 1 is 0.560 bits per heavy atom. The summed E-state index contributed by atoms with van der Waals surface area (Å²) < 4.78 is 1.94. The lowest BCUT2D eigenvalue weighted by atomic mass is 10.0. The van der Waals surface area contributed by atoms with Crippen molar-refractivity contribution in [3.8, 4) is 0 Å². The van der Waals surface area contributed by atoms with Gasteiger partial charge in [-0.1, -0.05) is 116 Å². The van der Waals surface area contributed by atoms with Crippen molar-refractivity contribution in [1.29, 1.82) is 0 Å².